The van der Waals surface area contributed by atoms with Gasteiger partial charge in [0.15, 0.2) is 0 Å². The summed E-state index contributed by atoms with van der Waals surface area (Å²) in [5, 5.41) is 8.63. The largest absolute Gasteiger partial charge is 0.417 e. The van der Waals surface area contributed by atoms with Crippen LogP contribution in [-0.4, -0.2) is 0 Å². The molecule has 0 radical (unpaired) electrons. The Morgan fingerprint density at radius 3 is 1.78 bits per heavy atom. The minimum Gasteiger partial charge on any atom is -0.192 e. The minimum absolute atomic E-state index is 0.0457. The van der Waals surface area contributed by atoms with E-state index in [2.05, 4.69) is 0 Å². The van der Waals surface area contributed by atoms with Crippen LogP contribution in [0.3, 0.4) is 0 Å². The Hall–Kier alpha value is -1.71. The fraction of sp³-hybridized carbons (Fsp3) is 0.364. The molecule has 7 heteroatoms. The zero-order valence-corrected chi connectivity index (χ0v) is 9.08. The zero-order valence-electron chi connectivity index (χ0n) is 9.08. The van der Waals surface area contributed by atoms with Crippen LogP contribution < -0.4 is 0 Å². The summed E-state index contributed by atoms with van der Waals surface area (Å²) in [6.07, 6.45) is -10.2. The van der Waals surface area contributed by atoms with Crippen molar-refractivity contribution in [1.29, 1.82) is 5.26 Å². The predicted octanol–water partition coefficient (Wildman–Crippen LogP) is 4.16. The van der Waals surface area contributed by atoms with Crippen molar-refractivity contribution < 1.29 is 26.3 Å². The molecule has 0 spiro atoms. The molecule has 1 nitrogen and oxygen atoms in total. The van der Waals surface area contributed by atoms with Crippen LogP contribution in [0.25, 0.3) is 0 Å². The van der Waals surface area contributed by atoms with E-state index in [-0.39, 0.29) is 18.1 Å². The summed E-state index contributed by atoms with van der Waals surface area (Å²) in [7, 11) is 0. The highest BCUT2D eigenvalue weighted by Gasteiger charge is 2.43. The normalized spacial score (nSPS) is 12.3. The third kappa shape index (κ3) is 2.75. The van der Waals surface area contributed by atoms with Crippen LogP contribution in [0.5, 0.6) is 0 Å². The molecule has 18 heavy (non-hydrogen) atoms. The van der Waals surface area contributed by atoms with Crippen molar-refractivity contribution >= 4 is 0 Å². The van der Waals surface area contributed by atoms with Gasteiger partial charge in [0, 0.05) is 0 Å². The van der Waals surface area contributed by atoms with Crippen LogP contribution >= 0.6 is 0 Å². The van der Waals surface area contributed by atoms with Gasteiger partial charge in [0.2, 0.25) is 0 Å². The number of nitriles is 1. The molecule has 98 valence electrons. The summed E-state index contributed by atoms with van der Waals surface area (Å²) < 4.78 is 75.2. The van der Waals surface area contributed by atoms with E-state index in [9.17, 15) is 26.3 Å². The maximum absolute atomic E-state index is 12.5. The van der Waals surface area contributed by atoms with E-state index in [0.717, 1.165) is 0 Å². The van der Waals surface area contributed by atoms with E-state index in [0.29, 0.717) is 6.07 Å². The van der Waals surface area contributed by atoms with Crippen molar-refractivity contribution in [2.75, 3.05) is 0 Å². The number of aryl methyl sites for hydroxylation is 1. The molecule has 0 aliphatic rings. The molecule has 0 amide bonds. The van der Waals surface area contributed by atoms with Gasteiger partial charge in [0.05, 0.1) is 22.8 Å². The van der Waals surface area contributed by atoms with Gasteiger partial charge >= 0.3 is 12.4 Å². The van der Waals surface area contributed by atoms with Crippen molar-refractivity contribution in [2.45, 2.75) is 25.7 Å². The first-order valence-electron chi connectivity index (χ1n) is 4.82. The van der Waals surface area contributed by atoms with E-state index in [1.54, 1.807) is 0 Å². The number of nitrogens with zero attached hydrogens (tertiary/aromatic N) is 1. The first kappa shape index (κ1) is 14.4. The molecular weight excluding hydrogens is 260 g/mol. The Morgan fingerprint density at radius 1 is 1.00 bits per heavy atom. The van der Waals surface area contributed by atoms with Crippen LogP contribution in [0, 0.1) is 11.3 Å². The lowest BCUT2D eigenvalue weighted by Crippen LogP contribution is -2.17. The van der Waals surface area contributed by atoms with Gasteiger partial charge in [-0.15, -0.1) is 0 Å². The molecule has 0 unspecified atom stereocenters. The van der Waals surface area contributed by atoms with Crippen LogP contribution in [-0.2, 0) is 18.8 Å². The highest BCUT2D eigenvalue weighted by molar-refractivity contribution is 5.47. The standard InChI is InChI=1S/C11H7F6N/c1-2-6-3-8(10(12,13)14)9(11(15,16)17)4-7(6)5-18/h3-4H,2H2,1H3. The number of rotatable bonds is 1. The third-order valence-corrected chi connectivity index (χ3v) is 2.36. The summed E-state index contributed by atoms with van der Waals surface area (Å²) in [5.41, 5.74) is -4.04. The Labute approximate surface area is 98.6 Å². The number of hydrogen-bond donors (Lipinski definition) is 0. The Morgan fingerprint density at radius 2 is 1.44 bits per heavy atom. The fourth-order valence-corrected chi connectivity index (χ4v) is 1.51. The van der Waals surface area contributed by atoms with Crippen molar-refractivity contribution in [3.63, 3.8) is 0 Å². The van der Waals surface area contributed by atoms with Gasteiger partial charge < -0.3 is 0 Å². The molecule has 0 saturated heterocycles. The first-order chi connectivity index (χ1) is 8.11. The van der Waals surface area contributed by atoms with Gasteiger partial charge in [-0.05, 0) is 24.1 Å². The lowest BCUT2D eigenvalue weighted by Gasteiger charge is -2.17. The molecule has 0 saturated carbocycles. The summed E-state index contributed by atoms with van der Waals surface area (Å²) in [6, 6.07) is 2.11. The number of hydrogen-bond acceptors (Lipinski definition) is 1. The topological polar surface area (TPSA) is 23.8 Å². The molecule has 0 aliphatic carbocycles. The van der Waals surface area contributed by atoms with Crippen molar-refractivity contribution in [3.8, 4) is 6.07 Å². The fourth-order valence-electron chi connectivity index (χ4n) is 1.51. The summed E-state index contributed by atoms with van der Waals surface area (Å²) in [6.45, 7) is 1.46. The molecule has 0 N–H and O–H groups in total. The highest BCUT2D eigenvalue weighted by atomic mass is 19.4. The Balaban J connectivity index is 3.64. The molecular formula is C11H7F6N. The van der Waals surface area contributed by atoms with Gasteiger partial charge in [-0.1, -0.05) is 6.92 Å². The van der Waals surface area contributed by atoms with Crippen LogP contribution in [0.1, 0.15) is 29.2 Å². The second kappa shape index (κ2) is 4.52. The minimum atomic E-state index is -5.15. The number of halogens is 6. The molecule has 0 heterocycles. The molecule has 1 rings (SSSR count). The highest BCUT2D eigenvalue weighted by Crippen LogP contribution is 2.41. The monoisotopic (exact) mass is 267 g/mol. The SMILES string of the molecule is CCc1cc(C(F)(F)F)c(C(F)(F)F)cc1C#N. The van der Waals surface area contributed by atoms with Gasteiger partial charge in [0.1, 0.15) is 0 Å². The van der Waals surface area contributed by atoms with E-state index in [4.69, 9.17) is 5.26 Å². The Kier molecular flexibility index (Phi) is 3.60. The molecule has 0 bridgehead atoms. The summed E-state index contributed by atoms with van der Waals surface area (Å²) in [4.78, 5) is 0. The van der Waals surface area contributed by atoms with E-state index in [1.165, 1.54) is 13.0 Å². The molecule has 0 aromatic heterocycles. The van der Waals surface area contributed by atoms with Gasteiger partial charge in [-0.25, -0.2) is 0 Å². The lowest BCUT2D eigenvalue weighted by molar-refractivity contribution is -0.162. The summed E-state index contributed by atoms with van der Waals surface area (Å²) in [5.74, 6) is 0. The number of alkyl halides is 6. The maximum atomic E-state index is 12.5. The number of benzene rings is 1. The van der Waals surface area contributed by atoms with E-state index in [1.807, 2.05) is 0 Å². The predicted molar refractivity (Wildman–Crippen MR) is 50.5 cm³/mol. The van der Waals surface area contributed by atoms with Gasteiger partial charge in [0.25, 0.3) is 0 Å². The molecule has 1 aromatic rings. The van der Waals surface area contributed by atoms with Crippen LogP contribution in [0.2, 0.25) is 0 Å². The average Bonchev–Trinajstić information content (AvgIpc) is 2.24. The molecule has 0 atom stereocenters. The van der Waals surface area contributed by atoms with Gasteiger partial charge in [-0.2, -0.15) is 31.6 Å². The second-order valence-electron chi connectivity index (χ2n) is 3.52. The maximum Gasteiger partial charge on any atom is 0.417 e. The van der Waals surface area contributed by atoms with Crippen LogP contribution in [0.15, 0.2) is 12.1 Å². The third-order valence-electron chi connectivity index (χ3n) is 2.36. The van der Waals surface area contributed by atoms with E-state index < -0.39 is 29.0 Å². The Bertz CT molecular complexity index is 492. The smallest absolute Gasteiger partial charge is 0.192 e. The van der Waals surface area contributed by atoms with Crippen molar-refractivity contribution in [2.24, 2.45) is 0 Å². The molecule has 0 aliphatic heterocycles. The zero-order chi connectivity index (χ0) is 14.1. The quantitative estimate of drug-likeness (QED) is 0.701. The van der Waals surface area contributed by atoms with E-state index >= 15 is 0 Å². The summed E-state index contributed by atoms with van der Waals surface area (Å²) >= 11 is 0. The van der Waals surface area contributed by atoms with Crippen LogP contribution in [0.4, 0.5) is 26.3 Å². The van der Waals surface area contributed by atoms with Gasteiger partial charge in [-0.3, -0.25) is 0 Å². The van der Waals surface area contributed by atoms with Crippen molar-refractivity contribution in [3.05, 3.63) is 34.4 Å². The average molecular weight is 267 g/mol. The lowest BCUT2D eigenvalue weighted by atomic mass is 9.96. The molecule has 0 fully saturated rings. The first-order valence-corrected chi connectivity index (χ1v) is 4.82. The second-order valence-corrected chi connectivity index (χ2v) is 3.52. The molecule has 1 aromatic carbocycles. The van der Waals surface area contributed by atoms with Crippen molar-refractivity contribution in [1.82, 2.24) is 0 Å².